The number of benzene rings is 2. The van der Waals surface area contributed by atoms with Gasteiger partial charge in [0.25, 0.3) is 0 Å². The van der Waals surface area contributed by atoms with E-state index < -0.39 is 0 Å². The Bertz CT molecular complexity index is 799. The van der Waals surface area contributed by atoms with Crippen LogP contribution in [0.2, 0.25) is 0 Å². The summed E-state index contributed by atoms with van der Waals surface area (Å²) in [6.07, 6.45) is 2.93. The van der Waals surface area contributed by atoms with Crippen LogP contribution in [0.15, 0.2) is 42.5 Å². The highest BCUT2D eigenvalue weighted by Crippen LogP contribution is 2.40. The lowest BCUT2D eigenvalue weighted by Crippen LogP contribution is -2.36. The summed E-state index contributed by atoms with van der Waals surface area (Å²) in [5.41, 5.74) is 3.71. The molecule has 1 atom stereocenters. The molecule has 0 aromatic heterocycles. The van der Waals surface area contributed by atoms with Crippen molar-refractivity contribution in [2.45, 2.75) is 25.2 Å². The van der Waals surface area contributed by atoms with E-state index in [4.69, 9.17) is 9.47 Å². The third-order valence-corrected chi connectivity index (χ3v) is 5.52. The van der Waals surface area contributed by atoms with Crippen LogP contribution in [0.5, 0.6) is 11.5 Å². The summed E-state index contributed by atoms with van der Waals surface area (Å²) in [6, 6.07) is 14.6. The zero-order valence-electron chi connectivity index (χ0n) is 15.4. The van der Waals surface area contributed by atoms with Crippen LogP contribution in [0.4, 0.5) is 0 Å². The molecule has 4 heteroatoms. The first-order valence-electron chi connectivity index (χ1n) is 9.29. The molecule has 1 fully saturated rings. The van der Waals surface area contributed by atoms with E-state index in [1.54, 1.807) is 14.2 Å². The topological polar surface area (TPSA) is 38.8 Å². The highest BCUT2D eigenvalue weighted by atomic mass is 16.5. The molecule has 1 unspecified atom stereocenters. The third-order valence-electron chi connectivity index (χ3n) is 5.52. The molecule has 136 valence electrons. The van der Waals surface area contributed by atoms with Gasteiger partial charge in [0.1, 0.15) is 0 Å². The number of carbonyl (C=O) groups is 1. The van der Waals surface area contributed by atoms with Gasteiger partial charge in [0.2, 0.25) is 5.91 Å². The highest BCUT2D eigenvalue weighted by molar-refractivity contribution is 5.81. The molecule has 26 heavy (non-hydrogen) atoms. The maximum atomic E-state index is 12.8. The minimum atomic E-state index is 0.149. The molecule has 0 saturated heterocycles. The van der Waals surface area contributed by atoms with Gasteiger partial charge in [-0.3, -0.25) is 4.79 Å². The fourth-order valence-corrected chi connectivity index (χ4v) is 3.90. The van der Waals surface area contributed by atoms with Crippen molar-refractivity contribution in [3.63, 3.8) is 0 Å². The van der Waals surface area contributed by atoms with Gasteiger partial charge in [-0.05, 0) is 48.1 Å². The normalized spacial score (nSPS) is 19.5. The van der Waals surface area contributed by atoms with Gasteiger partial charge in [0.15, 0.2) is 11.5 Å². The Hall–Kier alpha value is -2.49. The first kappa shape index (κ1) is 17.0. The average Bonchev–Trinajstić information content (AvgIpc) is 3.53. The molecule has 0 spiro atoms. The summed E-state index contributed by atoms with van der Waals surface area (Å²) in [4.78, 5) is 14.8. The number of methoxy groups -OCH3 is 2. The number of amides is 1. The number of carbonyl (C=O) groups excluding carboxylic acids is 1. The van der Waals surface area contributed by atoms with E-state index in [1.807, 2.05) is 6.07 Å². The average molecular weight is 351 g/mol. The Labute approximate surface area is 154 Å². The second-order valence-corrected chi connectivity index (χ2v) is 7.18. The molecule has 1 heterocycles. The van der Waals surface area contributed by atoms with Crippen molar-refractivity contribution >= 4 is 5.91 Å². The second-order valence-electron chi connectivity index (χ2n) is 7.18. The van der Waals surface area contributed by atoms with Crippen molar-refractivity contribution in [1.29, 1.82) is 0 Å². The third kappa shape index (κ3) is 3.16. The van der Waals surface area contributed by atoms with E-state index >= 15 is 0 Å². The van der Waals surface area contributed by atoms with Gasteiger partial charge in [-0.25, -0.2) is 0 Å². The molecule has 4 rings (SSSR count). The molecule has 2 aromatic carbocycles. The number of rotatable bonds is 4. The summed E-state index contributed by atoms with van der Waals surface area (Å²) in [7, 11) is 3.33. The molecule has 1 aliphatic carbocycles. The number of hydrogen-bond acceptors (Lipinski definition) is 3. The maximum Gasteiger partial charge on any atom is 0.225 e. The van der Waals surface area contributed by atoms with Crippen molar-refractivity contribution in [3.05, 3.63) is 59.2 Å². The molecule has 4 nitrogen and oxygen atoms in total. The van der Waals surface area contributed by atoms with Gasteiger partial charge in [-0.2, -0.15) is 0 Å². The van der Waals surface area contributed by atoms with Crippen molar-refractivity contribution in [2.75, 3.05) is 27.3 Å². The zero-order chi connectivity index (χ0) is 18.1. The standard InChI is InChI=1S/C22H25NO3/c1-25-20-12-17-10-11-23(22(24)16-8-9-16)14-19(15-6-4-3-5-7-15)18(17)13-21(20)26-2/h3-7,12-13,16,19H,8-11,14H2,1-2H3. The molecular formula is C22H25NO3. The Morgan fingerprint density at radius 2 is 1.73 bits per heavy atom. The van der Waals surface area contributed by atoms with E-state index in [0.717, 1.165) is 43.9 Å². The summed E-state index contributed by atoms with van der Waals surface area (Å²) in [5.74, 6) is 2.21. The lowest BCUT2D eigenvalue weighted by molar-refractivity contribution is -0.132. The van der Waals surface area contributed by atoms with E-state index in [1.165, 1.54) is 16.7 Å². The molecular weight excluding hydrogens is 326 g/mol. The SMILES string of the molecule is COc1cc2c(cc1OC)C(c1ccccc1)CN(C(=O)C1CC1)CC2. The van der Waals surface area contributed by atoms with E-state index in [9.17, 15) is 4.79 Å². The van der Waals surface area contributed by atoms with Crippen LogP contribution in [0, 0.1) is 5.92 Å². The van der Waals surface area contributed by atoms with Crippen molar-refractivity contribution in [3.8, 4) is 11.5 Å². The molecule has 1 saturated carbocycles. The summed E-state index contributed by atoms with van der Waals surface area (Å²) in [5, 5.41) is 0. The van der Waals surface area contributed by atoms with Crippen LogP contribution in [0.25, 0.3) is 0 Å². The monoisotopic (exact) mass is 351 g/mol. The van der Waals surface area contributed by atoms with Crippen LogP contribution in [0.1, 0.15) is 35.4 Å². The van der Waals surface area contributed by atoms with Crippen molar-refractivity contribution < 1.29 is 14.3 Å². The molecule has 0 radical (unpaired) electrons. The predicted octanol–water partition coefficient (Wildman–Crippen LogP) is 3.63. The minimum absolute atomic E-state index is 0.149. The van der Waals surface area contributed by atoms with Gasteiger partial charge >= 0.3 is 0 Å². The molecule has 2 aromatic rings. The molecule has 1 amide bonds. The van der Waals surface area contributed by atoms with Crippen LogP contribution in [0.3, 0.4) is 0 Å². The largest absolute Gasteiger partial charge is 0.493 e. The zero-order valence-corrected chi connectivity index (χ0v) is 15.4. The first-order valence-corrected chi connectivity index (χ1v) is 9.29. The molecule has 1 aliphatic heterocycles. The summed E-state index contributed by atoms with van der Waals surface area (Å²) in [6.45, 7) is 1.49. The maximum absolute atomic E-state index is 12.8. The predicted molar refractivity (Wildman–Crippen MR) is 101 cm³/mol. The molecule has 2 aliphatic rings. The number of nitrogens with zero attached hydrogens (tertiary/aromatic N) is 1. The van der Waals surface area contributed by atoms with Crippen molar-refractivity contribution in [2.24, 2.45) is 5.92 Å². The fourth-order valence-electron chi connectivity index (χ4n) is 3.90. The molecule has 0 bridgehead atoms. The Kier molecular flexibility index (Phi) is 4.58. The number of hydrogen-bond donors (Lipinski definition) is 0. The second kappa shape index (κ2) is 7.02. The Morgan fingerprint density at radius 3 is 2.38 bits per heavy atom. The Morgan fingerprint density at radius 1 is 1.04 bits per heavy atom. The summed E-state index contributed by atoms with van der Waals surface area (Å²) >= 11 is 0. The number of ether oxygens (including phenoxy) is 2. The Balaban J connectivity index is 1.78. The van der Waals surface area contributed by atoms with Crippen LogP contribution >= 0.6 is 0 Å². The van der Waals surface area contributed by atoms with Crippen LogP contribution in [-0.2, 0) is 11.2 Å². The van der Waals surface area contributed by atoms with Gasteiger partial charge in [0.05, 0.1) is 14.2 Å². The van der Waals surface area contributed by atoms with Gasteiger partial charge in [-0.15, -0.1) is 0 Å². The number of fused-ring (bicyclic) bond motifs is 1. The van der Waals surface area contributed by atoms with E-state index in [0.29, 0.717) is 5.91 Å². The van der Waals surface area contributed by atoms with Gasteiger partial charge in [0, 0.05) is 24.9 Å². The van der Waals surface area contributed by atoms with Crippen LogP contribution < -0.4 is 9.47 Å². The fraction of sp³-hybridized carbons (Fsp3) is 0.409. The van der Waals surface area contributed by atoms with Gasteiger partial charge in [-0.1, -0.05) is 30.3 Å². The van der Waals surface area contributed by atoms with E-state index in [2.05, 4.69) is 41.3 Å². The van der Waals surface area contributed by atoms with Crippen molar-refractivity contribution in [1.82, 2.24) is 4.90 Å². The quantitative estimate of drug-likeness (QED) is 0.844. The van der Waals surface area contributed by atoms with Gasteiger partial charge < -0.3 is 14.4 Å². The molecule has 0 N–H and O–H groups in total. The lowest BCUT2D eigenvalue weighted by atomic mass is 9.87. The van der Waals surface area contributed by atoms with Crippen LogP contribution in [-0.4, -0.2) is 38.1 Å². The highest BCUT2D eigenvalue weighted by Gasteiger charge is 2.36. The smallest absolute Gasteiger partial charge is 0.225 e. The first-order chi connectivity index (χ1) is 12.7. The lowest BCUT2D eigenvalue weighted by Gasteiger charge is -2.26. The van der Waals surface area contributed by atoms with E-state index in [-0.39, 0.29) is 11.8 Å². The summed E-state index contributed by atoms with van der Waals surface area (Å²) < 4.78 is 11.0. The minimum Gasteiger partial charge on any atom is -0.493 e.